The summed E-state index contributed by atoms with van der Waals surface area (Å²) in [7, 11) is 0. The van der Waals surface area contributed by atoms with E-state index in [0.29, 0.717) is 5.56 Å². The normalized spacial score (nSPS) is 10.4. The number of anilines is 1. The predicted molar refractivity (Wildman–Crippen MR) is 58.2 cm³/mol. The van der Waals surface area contributed by atoms with Crippen LogP contribution < -0.4 is 10.5 Å². The van der Waals surface area contributed by atoms with Gasteiger partial charge in [0.25, 0.3) is 0 Å². The van der Waals surface area contributed by atoms with Gasteiger partial charge in [0, 0.05) is 0 Å². The van der Waals surface area contributed by atoms with Crippen LogP contribution in [0.5, 0.6) is 5.75 Å². The maximum atomic E-state index is 12.1. The van der Waals surface area contributed by atoms with Gasteiger partial charge in [-0.05, 0) is 31.5 Å². The van der Waals surface area contributed by atoms with Gasteiger partial charge in [-0.15, -0.1) is 0 Å². The van der Waals surface area contributed by atoms with E-state index in [1.165, 1.54) is 6.07 Å². The first-order chi connectivity index (χ1) is 7.95. The van der Waals surface area contributed by atoms with Crippen molar-refractivity contribution in [2.24, 2.45) is 0 Å². The smallest absolute Gasteiger partial charge is 0.387 e. The number of halogens is 2. The molecule has 0 radical (unpaired) electrons. The van der Waals surface area contributed by atoms with Gasteiger partial charge in [0.15, 0.2) is 0 Å². The van der Waals surface area contributed by atoms with Crippen LogP contribution in [0.25, 0.3) is 0 Å². The number of carbonyl (C=O) groups excluding carboxylic acids is 1. The molecule has 0 aliphatic heterocycles. The first kappa shape index (κ1) is 13.2. The number of hydrogen-bond donors (Lipinski definition) is 1. The van der Waals surface area contributed by atoms with Crippen LogP contribution in [-0.2, 0) is 4.74 Å². The van der Waals surface area contributed by atoms with Crippen molar-refractivity contribution in [3.05, 3.63) is 23.3 Å². The molecular formula is C11H13F2NO3. The van der Waals surface area contributed by atoms with Gasteiger partial charge >= 0.3 is 12.6 Å². The fourth-order valence-corrected chi connectivity index (χ4v) is 1.29. The monoisotopic (exact) mass is 245 g/mol. The molecule has 0 aliphatic carbocycles. The van der Waals surface area contributed by atoms with Crippen LogP contribution in [0.15, 0.2) is 12.1 Å². The minimum atomic E-state index is -2.99. The van der Waals surface area contributed by atoms with Gasteiger partial charge in [-0.1, -0.05) is 0 Å². The molecule has 0 fully saturated rings. The van der Waals surface area contributed by atoms with E-state index in [4.69, 9.17) is 10.5 Å². The van der Waals surface area contributed by atoms with Crippen molar-refractivity contribution < 1.29 is 23.0 Å². The molecule has 0 unspecified atom stereocenters. The zero-order valence-corrected chi connectivity index (χ0v) is 9.50. The largest absolute Gasteiger partial charge is 0.462 e. The average molecular weight is 245 g/mol. The van der Waals surface area contributed by atoms with Crippen molar-refractivity contribution in [2.45, 2.75) is 20.5 Å². The number of rotatable bonds is 4. The molecule has 4 nitrogen and oxygen atoms in total. The van der Waals surface area contributed by atoms with Crippen molar-refractivity contribution >= 4 is 11.7 Å². The lowest BCUT2D eigenvalue weighted by Gasteiger charge is -2.11. The Balaban J connectivity index is 3.09. The molecule has 6 heteroatoms. The second kappa shape index (κ2) is 5.47. The van der Waals surface area contributed by atoms with Crippen LogP contribution in [0.1, 0.15) is 22.8 Å². The number of aryl methyl sites for hydroxylation is 1. The van der Waals surface area contributed by atoms with E-state index >= 15 is 0 Å². The summed E-state index contributed by atoms with van der Waals surface area (Å²) in [5, 5.41) is 0. The van der Waals surface area contributed by atoms with Crippen molar-refractivity contribution in [3.8, 4) is 5.75 Å². The fraction of sp³-hybridized carbons (Fsp3) is 0.364. The molecule has 0 bridgehead atoms. The molecule has 1 rings (SSSR count). The maximum Gasteiger partial charge on any atom is 0.387 e. The van der Waals surface area contributed by atoms with E-state index in [9.17, 15) is 13.6 Å². The minimum absolute atomic E-state index is 0.0818. The zero-order valence-electron chi connectivity index (χ0n) is 9.50. The Bertz CT molecular complexity index is 421. The number of benzene rings is 1. The standard InChI is InChI=1S/C11H13F2NO3/c1-3-16-10(15)7-4-6(2)9(14)8(5-7)17-11(12)13/h4-5,11H,3,14H2,1-2H3. The first-order valence-electron chi connectivity index (χ1n) is 4.97. The SMILES string of the molecule is CCOC(=O)c1cc(C)c(N)c(OC(F)F)c1. The van der Waals surface area contributed by atoms with Crippen molar-refractivity contribution in [1.82, 2.24) is 0 Å². The molecule has 2 N–H and O–H groups in total. The molecule has 0 amide bonds. The van der Waals surface area contributed by atoms with Crippen LogP contribution >= 0.6 is 0 Å². The van der Waals surface area contributed by atoms with Gasteiger partial charge < -0.3 is 15.2 Å². The summed E-state index contributed by atoms with van der Waals surface area (Å²) >= 11 is 0. The van der Waals surface area contributed by atoms with E-state index in [-0.39, 0.29) is 23.6 Å². The number of esters is 1. The molecule has 0 heterocycles. The van der Waals surface area contributed by atoms with Crippen molar-refractivity contribution in [1.29, 1.82) is 0 Å². The molecular weight excluding hydrogens is 232 g/mol. The highest BCUT2D eigenvalue weighted by Crippen LogP contribution is 2.28. The van der Waals surface area contributed by atoms with Crippen LogP contribution in [-0.4, -0.2) is 19.2 Å². The second-order valence-electron chi connectivity index (χ2n) is 3.30. The Morgan fingerprint density at radius 1 is 1.47 bits per heavy atom. The number of nitrogen functional groups attached to an aromatic ring is 1. The van der Waals surface area contributed by atoms with Crippen LogP contribution in [0, 0.1) is 6.92 Å². The van der Waals surface area contributed by atoms with Gasteiger partial charge in [0.2, 0.25) is 0 Å². The van der Waals surface area contributed by atoms with E-state index < -0.39 is 12.6 Å². The third kappa shape index (κ3) is 3.30. The predicted octanol–water partition coefficient (Wildman–Crippen LogP) is 2.36. The molecule has 0 atom stereocenters. The lowest BCUT2D eigenvalue weighted by Crippen LogP contribution is -2.09. The number of nitrogens with two attached hydrogens (primary N) is 1. The van der Waals surface area contributed by atoms with E-state index in [0.717, 1.165) is 6.07 Å². The third-order valence-corrected chi connectivity index (χ3v) is 2.08. The quantitative estimate of drug-likeness (QED) is 0.653. The summed E-state index contributed by atoms with van der Waals surface area (Å²) in [6, 6.07) is 2.61. The third-order valence-electron chi connectivity index (χ3n) is 2.08. The highest BCUT2D eigenvalue weighted by Gasteiger charge is 2.15. The highest BCUT2D eigenvalue weighted by molar-refractivity contribution is 5.91. The Hall–Kier alpha value is -1.85. The van der Waals surface area contributed by atoms with Gasteiger partial charge in [-0.25, -0.2) is 4.79 Å². The lowest BCUT2D eigenvalue weighted by atomic mass is 10.1. The number of alkyl halides is 2. The Labute approximate surface area is 97.3 Å². The first-order valence-corrected chi connectivity index (χ1v) is 4.97. The lowest BCUT2D eigenvalue weighted by molar-refractivity contribution is -0.0494. The number of ether oxygens (including phenoxy) is 2. The summed E-state index contributed by atoms with van der Waals surface area (Å²) in [5.74, 6) is -0.822. The van der Waals surface area contributed by atoms with Gasteiger partial charge in [0.05, 0.1) is 17.9 Å². The summed E-state index contributed by atoms with van der Waals surface area (Å²) in [6.45, 7) is 0.455. The molecule has 1 aromatic carbocycles. The van der Waals surface area contributed by atoms with Crippen LogP contribution in [0.4, 0.5) is 14.5 Å². The second-order valence-corrected chi connectivity index (χ2v) is 3.30. The molecule has 17 heavy (non-hydrogen) atoms. The molecule has 0 saturated carbocycles. The maximum absolute atomic E-state index is 12.1. The number of hydrogen-bond acceptors (Lipinski definition) is 4. The summed E-state index contributed by atoms with van der Waals surface area (Å²) in [4.78, 5) is 11.4. The van der Waals surface area contributed by atoms with E-state index in [2.05, 4.69) is 4.74 Å². The van der Waals surface area contributed by atoms with Gasteiger partial charge in [-0.3, -0.25) is 0 Å². The molecule has 1 aromatic rings. The summed E-state index contributed by atoms with van der Waals surface area (Å²) in [6.07, 6.45) is 0. The van der Waals surface area contributed by atoms with Crippen LogP contribution in [0.2, 0.25) is 0 Å². The van der Waals surface area contributed by atoms with Crippen LogP contribution in [0.3, 0.4) is 0 Å². The minimum Gasteiger partial charge on any atom is -0.462 e. The summed E-state index contributed by atoms with van der Waals surface area (Å²) < 4.78 is 33.2. The molecule has 0 aromatic heterocycles. The van der Waals surface area contributed by atoms with Gasteiger partial charge in [-0.2, -0.15) is 8.78 Å². The van der Waals surface area contributed by atoms with E-state index in [1.807, 2.05) is 0 Å². The Morgan fingerprint density at radius 2 is 2.12 bits per heavy atom. The molecule has 0 aliphatic rings. The molecule has 0 spiro atoms. The van der Waals surface area contributed by atoms with Crippen molar-refractivity contribution in [3.63, 3.8) is 0 Å². The summed E-state index contributed by atoms with van der Waals surface area (Å²) in [5.41, 5.74) is 6.26. The number of carbonyl (C=O) groups is 1. The fourth-order valence-electron chi connectivity index (χ4n) is 1.29. The average Bonchev–Trinajstić information content (AvgIpc) is 2.24. The zero-order chi connectivity index (χ0) is 13.0. The molecule has 94 valence electrons. The van der Waals surface area contributed by atoms with Crippen molar-refractivity contribution in [2.75, 3.05) is 12.3 Å². The Kier molecular flexibility index (Phi) is 4.25. The molecule has 0 saturated heterocycles. The Morgan fingerprint density at radius 3 is 2.65 bits per heavy atom. The topological polar surface area (TPSA) is 61.5 Å². The highest BCUT2D eigenvalue weighted by atomic mass is 19.3. The van der Waals surface area contributed by atoms with E-state index in [1.54, 1.807) is 13.8 Å². The van der Waals surface area contributed by atoms with Gasteiger partial charge in [0.1, 0.15) is 5.75 Å².